The summed E-state index contributed by atoms with van der Waals surface area (Å²) in [4.78, 5) is 3.59. The summed E-state index contributed by atoms with van der Waals surface area (Å²) < 4.78 is 0. The summed E-state index contributed by atoms with van der Waals surface area (Å²) in [6.45, 7) is 4.00. The summed E-state index contributed by atoms with van der Waals surface area (Å²) in [5, 5.41) is 5.40. The Balaban J connectivity index is 0.000000652. The highest BCUT2D eigenvalue weighted by molar-refractivity contribution is 6.22. The Kier molecular flexibility index (Phi) is 3.42. The quantitative estimate of drug-likeness (QED) is 0.383. The molecule has 1 nitrogen and oxygen atoms in total. The van der Waals surface area contributed by atoms with E-state index >= 15 is 0 Å². The van der Waals surface area contributed by atoms with Crippen molar-refractivity contribution in [3.05, 3.63) is 65.7 Å². The number of allylic oxidation sites excluding steroid dienone is 1. The van der Waals surface area contributed by atoms with E-state index in [1.807, 2.05) is 13.8 Å². The Labute approximate surface area is 136 Å². The van der Waals surface area contributed by atoms with Crippen LogP contribution < -0.4 is 0 Å². The van der Waals surface area contributed by atoms with Crippen LogP contribution in [0, 0.1) is 0 Å². The lowest BCUT2D eigenvalue weighted by Gasteiger charge is -2.12. The highest BCUT2D eigenvalue weighted by Gasteiger charge is 2.14. The second-order valence-corrected chi connectivity index (χ2v) is 5.84. The van der Waals surface area contributed by atoms with Crippen LogP contribution in [0.5, 0.6) is 0 Å². The number of aromatic amines is 1. The highest BCUT2D eigenvalue weighted by Crippen LogP contribution is 2.37. The SMILES string of the molecule is C1=Cc2c(ccc3[nH]c4ccc5ccccc5c4c23)CC1.CC. The lowest BCUT2D eigenvalue weighted by molar-refractivity contribution is 0.990. The van der Waals surface area contributed by atoms with Crippen molar-refractivity contribution in [2.45, 2.75) is 26.7 Å². The summed E-state index contributed by atoms with van der Waals surface area (Å²) >= 11 is 0. The van der Waals surface area contributed by atoms with Crippen LogP contribution in [0.2, 0.25) is 0 Å². The van der Waals surface area contributed by atoms with Crippen molar-refractivity contribution in [3.63, 3.8) is 0 Å². The lowest BCUT2D eigenvalue weighted by Crippen LogP contribution is -1.94. The van der Waals surface area contributed by atoms with Gasteiger partial charge in [-0.05, 0) is 46.9 Å². The number of nitrogens with one attached hydrogen (secondary N) is 1. The molecule has 1 heterocycles. The molecule has 114 valence electrons. The molecule has 1 N–H and O–H groups in total. The van der Waals surface area contributed by atoms with Crippen molar-refractivity contribution in [3.8, 4) is 0 Å². The maximum atomic E-state index is 3.59. The van der Waals surface area contributed by atoms with E-state index in [1.54, 1.807) is 0 Å². The van der Waals surface area contributed by atoms with Gasteiger partial charge in [-0.3, -0.25) is 0 Å². The van der Waals surface area contributed by atoms with E-state index in [-0.39, 0.29) is 0 Å². The molecule has 5 rings (SSSR count). The topological polar surface area (TPSA) is 15.8 Å². The highest BCUT2D eigenvalue weighted by atomic mass is 14.7. The molecule has 1 aromatic heterocycles. The zero-order valence-corrected chi connectivity index (χ0v) is 13.7. The number of fused-ring (bicyclic) bond motifs is 7. The van der Waals surface area contributed by atoms with Gasteiger partial charge in [0.05, 0.1) is 0 Å². The first-order valence-electron chi connectivity index (χ1n) is 8.53. The van der Waals surface area contributed by atoms with Gasteiger partial charge in [-0.25, -0.2) is 0 Å². The smallest absolute Gasteiger partial charge is 0.0471 e. The molecule has 0 saturated heterocycles. The minimum absolute atomic E-state index is 1.15. The zero-order valence-electron chi connectivity index (χ0n) is 13.7. The zero-order chi connectivity index (χ0) is 15.8. The normalized spacial score (nSPS) is 13.1. The molecule has 1 heteroatoms. The molecule has 3 aromatic carbocycles. The molecule has 1 aliphatic carbocycles. The van der Waals surface area contributed by atoms with Crippen LogP contribution >= 0.6 is 0 Å². The Morgan fingerprint density at radius 3 is 2.52 bits per heavy atom. The number of H-pyrrole nitrogens is 1. The number of rotatable bonds is 0. The third kappa shape index (κ3) is 2.08. The molecule has 23 heavy (non-hydrogen) atoms. The predicted octanol–water partition coefficient (Wildman–Crippen LogP) is 6.46. The van der Waals surface area contributed by atoms with E-state index in [2.05, 4.69) is 65.7 Å². The first-order valence-corrected chi connectivity index (χ1v) is 8.53. The largest absolute Gasteiger partial charge is 0.354 e. The standard InChI is InChI=1S/C20H15N.C2H6/c1-3-7-15-13(5-1)9-11-17-19(15)20-16-8-4-2-6-14(16)10-12-18(20)21-17;1-2/h1,3-5,7-12,21H,2,6H2;1-2H3. The Hall–Kier alpha value is -2.54. The van der Waals surface area contributed by atoms with Gasteiger partial charge >= 0.3 is 0 Å². The molecule has 0 fully saturated rings. The Morgan fingerprint density at radius 2 is 1.61 bits per heavy atom. The van der Waals surface area contributed by atoms with Gasteiger partial charge in [0.15, 0.2) is 0 Å². The van der Waals surface area contributed by atoms with Crippen molar-refractivity contribution >= 4 is 38.7 Å². The van der Waals surface area contributed by atoms with Crippen LogP contribution in [0.25, 0.3) is 38.7 Å². The van der Waals surface area contributed by atoms with Crippen molar-refractivity contribution in [1.29, 1.82) is 0 Å². The van der Waals surface area contributed by atoms with Crippen LogP contribution in [-0.2, 0) is 6.42 Å². The number of aromatic nitrogens is 1. The molecule has 0 aliphatic heterocycles. The van der Waals surface area contributed by atoms with E-state index in [0.29, 0.717) is 0 Å². The summed E-state index contributed by atoms with van der Waals surface area (Å²) in [5.41, 5.74) is 5.35. The van der Waals surface area contributed by atoms with Gasteiger partial charge < -0.3 is 4.98 Å². The van der Waals surface area contributed by atoms with E-state index in [9.17, 15) is 0 Å². The fourth-order valence-electron chi connectivity index (χ4n) is 3.67. The van der Waals surface area contributed by atoms with Gasteiger partial charge in [0.25, 0.3) is 0 Å². The number of aryl methyl sites for hydroxylation is 1. The maximum absolute atomic E-state index is 3.59. The molecule has 0 spiro atoms. The fraction of sp³-hybridized carbons (Fsp3) is 0.182. The van der Waals surface area contributed by atoms with Crippen molar-refractivity contribution < 1.29 is 0 Å². The minimum atomic E-state index is 1.15. The molecule has 0 radical (unpaired) electrons. The van der Waals surface area contributed by atoms with Crippen molar-refractivity contribution in [2.75, 3.05) is 0 Å². The molecule has 0 atom stereocenters. The van der Waals surface area contributed by atoms with Crippen LogP contribution in [0.3, 0.4) is 0 Å². The first kappa shape index (κ1) is 14.1. The summed E-state index contributed by atoms with van der Waals surface area (Å²) in [6.07, 6.45) is 6.91. The molecule has 0 bridgehead atoms. The van der Waals surface area contributed by atoms with E-state index in [1.165, 1.54) is 43.7 Å². The van der Waals surface area contributed by atoms with Gasteiger partial charge in [0.1, 0.15) is 0 Å². The second kappa shape index (κ2) is 5.58. The average molecular weight is 299 g/mol. The van der Waals surface area contributed by atoms with Crippen LogP contribution in [0.1, 0.15) is 31.4 Å². The van der Waals surface area contributed by atoms with Gasteiger partial charge in [-0.1, -0.05) is 62.4 Å². The molecule has 1 aliphatic rings. The predicted molar refractivity (Wildman–Crippen MR) is 102 cm³/mol. The van der Waals surface area contributed by atoms with Crippen LogP contribution in [-0.4, -0.2) is 4.98 Å². The molecule has 0 unspecified atom stereocenters. The molecular formula is C22H21N. The second-order valence-electron chi connectivity index (χ2n) is 5.84. The molecule has 0 amide bonds. The maximum Gasteiger partial charge on any atom is 0.0471 e. The van der Waals surface area contributed by atoms with E-state index < -0.39 is 0 Å². The van der Waals surface area contributed by atoms with Gasteiger partial charge in [-0.2, -0.15) is 0 Å². The summed E-state index contributed by atoms with van der Waals surface area (Å²) in [6, 6.07) is 17.6. The number of hydrogen-bond acceptors (Lipinski definition) is 0. The number of benzene rings is 3. The average Bonchev–Trinajstić information content (AvgIpc) is 3.03. The van der Waals surface area contributed by atoms with Crippen LogP contribution in [0.15, 0.2) is 54.6 Å². The first-order chi connectivity index (χ1) is 11.4. The minimum Gasteiger partial charge on any atom is -0.354 e. The third-order valence-electron chi connectivity index (χ3n) is 4.65. The van der Waals surface area contributed by atoms with E-state index in [0.717, 1.165) is 12.8 Å². The van der Waals surface area contributed by atoms with Gasteiger partial charge in [0.2, 0.25) is 0 Å². The Bertz CT molecular complexity index is 1030. The fourth-order valence-corrected chi connectivity index (χ4v) is 3.67. The van der Waals surface area contributed by atoms with Crippen molar-refractivity contribution in [1.82, 2.24) is 4.98 Å². The lowest BCUT2D eigenvalue weighted by atomic mass is 9.92. The molecular weight excluding hydrogens is 278 g/mol. The van der Waals surface area contributed by atoms with Gasteiger partial charge in [-0.15, -0.1) is 0 Å². The number of hydrogen-bond donors (Lipinski definition) is 1. The summed E-state index contributed by atoms with van der Waals surface area (Å²) in [5.74, 6) is 0. The van der Waals surface area contributed by atoms with Gasteiger partial charge in [0, 0.05) is 21.8 Å². The summed E-state index contributed by atoms with van der Waals surface area (Å²) in [7, 11) is 0. The molecule has 0 saturated carbocycles. The molecule has 4 aromatic rings. The Morgan fingerprint density at radius 1 is 0.826 bits per heavy atom. The third-order valence-corrected chi connectivity index (χ3v) is 4.65. The van der Waals surface area contributed by atoms with Crippen molar-refractivity contribution in [2.24, 2.45) is 0 Å². The van der Waals surface area contributed by atoms with E-state index in [4.69, 9.17) is 0 Å². The monoisotopic (exact) mass is 299 g/mol. The van der Waals surface area contributed by atoms with Crippen LogP contribution in [0.4, 0.5) is 0 Å².